The fraction of sp³-hybridized carbons (Fsp3) is 0. The van der Waals surface area contributed by atoms with Gasteiger partial charge in [0, 0.05) is 42.5 Å². The van der Waals surface area contributed by atoms with E-state index in [1.165, 1.54) is 53.2 Å². The number of para-hydroxylation sites is 1. The third-order valence-corrected chi connectivity index (χ3v) is 12.1. The highest BCUT2D eigenvalue weighted by Gasteiger charge is 2.23. The Bertz CT molecular complexity index is 3190. The predicted molar refractivity (Wildman–Crippen MR) is 235 cm³/mol. The lowest BCUT2D eigenvalue weighted by Crippen LogP contribution is -2.10. The Labute approximate surface area is 322 Å². The third kappa shape index (κ3) is 5.24. The van der Waals surface area contributed by atoms with Crippen LogP contribution < -0.4 is 4.90 Å². The van der Waals surface area contributed by atoms with E-state index in [-0.39, 0.29) is 0 Å². The number of anilines is 3. The Morgan fingerprint density at radius 3 is 1.84 bits per heavy atom. The van der Waals surface area contributed by atoms with Gasteiger partial charge in [0.05, 0.1) is 11.1 Å². The Morgan fingerprint density at radius 1 is 0.400 bits per heavy atom. The van der Waals surface area contributed by atoms with Crippen molar-refractivity contribution in [2.45, 2.75) is 0 Å². The van der Waals surface area contributed by atoms with Gasteiger partial charge in [-0.25, -0.2) is 0 Å². The first-order chi connectivity index (χ1) is 27.3. The number of hydrogen-bond acceptors (Lipinski definition) is 3. The Hall–Kier alpha value is -6.94. The molecule has 11 rings (SSSR count). The summed E-state index contributed by atoms with van der Waals surface area (Å²) in [4.78, 5) is 2.41. The monoisotopic (exact) mass is 719 g/mol. The molecule has 2 aromatic heterocycles. The van der Waals surface area contributed by atoms with Crippen molar-refractivity contribution in [1.82, 2.24) is 0 Å². The molecule has 0 bridgehead atoms. The second-order valence-corrected chi connectivity index (χ2v) is 15.1. The summed E-state index contributed by atoms with van der Waals surface area (Å²) >= 11 is 1.87. The summed E-state index contributed by atoms with van der Waals surface area (Å²) in [6.07, 6.45) is 0. The molecule has 9 aromatic carbocycles. The average molecular weight is 720 g/mol. The van der Waals surface area contributed by atoms with Crippen LogP contribution in [0.5, 0.6) is 0 Å². The lowest BCUT2D eigenvalue weighted by atomic mass is 9.97. The molecule has 0 radical (unpaired) electrons. The van der Waals surface area contributed by atoms with Crippen molar-refractivity contribution in [3.05, 3.63) is 200 Å². The minimum atomic E-state index is 0.877. The summed E-state index contributed by atoms with van der Waals surface area (Å²) in [6.45, 7) is 0. The van der Waals surface area contributed by atoms with Gasteiger partial charge in [-0.15, -0.1) is 11.3 Å². The van der Waals surface area contributed by atoms with Crippen molar-refractivity contribution in [2.75, 3.05) is 4.90 Å². The van der Waals surface area contributed by atoms with Crippen LogP contribution in [0.2, 0.25) is 0 Å². The van der Waals surface area contributed by atoms with Crippen molar-refractivity contribution in [3.63, 3.8) is 0 Å². The van der Waals surface area contributed by atoms with Crippen molar-refractivity contribution >= 4 is 81.3 Å². The number of fused-ring (bicyclic) bond motifs is 7. The van der Waals surface area contributed by atoms with Crippen LogP contribution in [0.25, 0.3) is 86.3 Å². The molecule has 2 nitrogen and oxygen atoms in total. The predicted octanol–water partition coefficient (Wildman–Crippen LogP) is 15.6. The molecule has 0 saturated heterocycles. The molecule has 11 aromatic rings. The molecule has 55 heavy (non-hydrogen) atoms. The van der Waals surface area contributed by atoms with E-state index in [4.69, 9.17) is 4.42 Å². The Morgan fingerprint density at radius 2 is 1.02 bits per heavy atom. The first-order valence-electron chi connectivity index (χ1n) is 18.7. The summed E-state index contributed by atoms with van der Waals surface area (Å²) in [7, 11) is 0. The molecular weight excluding hydrogens is 687 g/mol. The van der Waals surface area contributed by atoms with E-state index < -0.39 is 0 Å². The van der Waals surface area contributed by atoms with Gasteiger partial charge < -0.3 is 9.32 Å². The first-order valence-corrected chi connectivity index (χ1v) is 19.5. The van der Waals surface area contributed by atoms with Gasteiger partial charge in [-0.05, 0) is 81.1 Å². The van der Waals surface area contributed by atoms with E-state index in [2.05, 4.69) is 205 Å². The van der Waals surface area contributed by atoms with E-state index in [1.807, 2.05) is 11.3 Å². The van der Waals surface area contributed by atoms with Crippen molar-refractivity contribution < 1.29 is 4.42 Å². The minimum absolute atomic E-state index is 0.877. The van der Waals surface area contributed by atoms with Crippen LogP contribution in [0.1, 0.15) is 0 Å². The fourth-order valence-electron chi connectivity index (χ4n) is 8.31. The number of hydrogen-bond donors (Lipinski definition) is 0. The maximum atomic E-state index is 6.76. The number of benzene rings is 9. The standard InChI is InChI=1S/C52H33NOS/c1-3-13-35(14-4-1)42-31-32-47(50-46-20-9-10-24-48(46)54-51(42)50)53(38-27-25-37(26-28-38)41-21-11-18-34-17-7-8-19-40(34)41)39-29-30-44-45-23-12-22-43(36-15-5-2-6-16-36)52(45)55-49(44)33-39/h1-33H. The minimum Gasteiger partial charge on any atom is -0.455 e. The molecule has 0 spiro atoms. The molecule has 0 unspecified atom stereocenters. The van der Waals surface area contributed by atoms with Crippen molar-refractivity contribution in [3.8, 4) is 33.4 Å². The van der Waals surface area contributed by atoms with Crippen LogP contribution in [0.15, 0.2) is 205 Å². The molecule has 3 heteroatoms. The van der Waals surface area contributed by atoms with Crippen LogP contribution in [0, 0.1) is 0 Å². The zero-order valence-electron chi connectivity index (χ0n) is 29.8. The number of thiophene rings is 1. The summed E-state index contributed by atoms with van der Waals surface area (Å²) in [5, 5.41) is 7.24. The third-order valence-electron chi connectivity index (χ3n) is 10.9. The molecule has 0 aliphatic rings. The van der Waals surface area contributed by atoms with Crippen LogP contribution in [0.3, 0.4) is 0 Å². The smallest absolute Gasteiger partial charge is 0.145 e. The van der Waals surface area contributed by atoms with Gasteiger partial charge in [0.2, 0.25) is 0 Å². The van der Waals surface area contributed by atoms with Gasteiger partial charge in [0.15, 0.2) is 0 Å². The van der Waals surface area contributed by atoms with E-state index in [9.17, 15) is 0 Å². The van der Waals surface area contributed by atoms with Gasteiger partial charge >= 0.3 is 0 Å². The van der Waals surface area contributed by atoms with E-state index in [0.29, 0.717) is 0 Å². The van der Waals surface area contributed by atoms with Crippen LogP contribution in [-0.4, -0.2) is 0 Å². The van der Waals surface area contributed by atoms with Crippen LogP contribution in [-0.2, 0) is 0 Å². The maximum absolute atomic E-state index is 6.76. The van der Waals surface area contributed by atoms with E-state index >= 15 is 0 Å². The summed E-state index contributed by atoms with van der Waals surface area (Å²) in [5.74, 6) is 0. The topological polar surface area (TPSA) is 16.4 Å². The SMILES string of the molecule is c1ccc(-c2ccc(N(c3ccc(-c4cccc5ccccc45)cc3)c3ccc4c(c3)sc3c(-c5ccccc5)cccc34)c3c2oc2ccccc23)cc1. The number of furan rings is 1. The molecule has 0 aliphatic heterocycles. The average Bonchev–Trinajstić information content (AvgIpc) is 3.83. The van der Waals surface area contributed by atoms with E-state index in [1.54, 1.807) is 0 Å². The molecule has 258 valence electrons. The molecule has 2 heterocycles. The van der Waals surface area contributed by atoms with Gasteiger partial charge in [-0.3, -0.25) is 0 Å². The second-order valence-electron chi connectivity index (χ2n) is 14.0. The molecule has 0 saturated carbocycles. The fourth-order valence-corrected chi connectivity index (χ4v) is 9.58. The molecule has 0 amide bonds. The molecular formula is C52H33NOS. The highest BCUT2D eigenvalue weighted by molar-refractivity contribution is 7.26. The summed E-state index contributed by atoms with van der Waals surface area (Å²) in [5.41, 5.74) is 12.1. The molecule has 0 fully saturated rings. The summed E-state index contributed by atoms with van der Waals surface area (Å²) in [6, 6.07) is 72.0. The normalized spacial score (nSPS) is 11.6. The Kier molecular flexibility index (Phi) is 7.39. The zero-order valence-corrected chi connectivity index (χ0v) is 30.6. The number of rotatable bonds is 6. The first kappa shape index (κ1) is 31.6. The van der Waals surface area contributed by atoms with Crippen LogP contribution in [0.4, 0.5) is 17.1 Å². The Balaban J connectivity index is 1.14. The largest absolute Gasteiger partial charge is 0.455 e. The number of nitrogens with zero attached hydrogens (tertiary/aromatic N) is 1. The van der Waals surface area contributed by atoms with E-state index in [0.717, 1.165) is 50.1 Å². The second kappa shape index (κ2) is 12.9. The molecule has 0 N–H and O–H groups in total. The quantitative estimate of drug-likeness (QED) is 0.170. The van der Waals surface area contributed by atoms with Gasteiger partial charge in [-0.2, -0.15) is 0 Å². The van der Waals surface area contributed by atoms with Gasteiger partial charge in [-0.1, -0.05) is 158 Å². The highest BCUT2D eigenvalue weighted by atomic mass is 32.1. The van der Waals surface area contributed by atoms with Gasteiger partial charge in [0.1, 0.15) is 11.2 Å². The highest BCUT2D eigenvalue weighted by Crippen LogP contribution is 2.48. The van der Waals surface area contributed by atoms with Crippen LogP contribution >= 0.6 is 11.3 Å². The summed E-state index contributed by atoms with van der Waals surface area (Å²) < 4.78 is 9.32. The lowest BCUT2D eigenvalue weighted by Gasteiger charge is -2.27. The van der Waals surface area contributed by atoms with Gasteiger partial charge in [0.25, 0.3) is 0 Å². The van der Waals surface area contributed by atoms with Crippen molar-refractivity contribution in [1.29, 1.82) is 0 Å². The maximum Gasteiger partial charge on any atom is 0.145 e. The molecule has 0 atom stereocenters. The molecule has 0 aliphatic carbocycles. The zero-order chi connectivity index (χ0) is 36.3. The van der Waals surface area contributed by atoms with Crippen molar-refractivity contribution in [2.24, 2.45) is 0 Å². The lowest BCUT2D eigenvalue weighted by molar-refractivity contribution is 0.670.